The first kappa shape index (κ1) is 13.8. The van der Waals surface area contributed by atoms with Crippen LogP contribution in [-0.2, 0) is 0 Å². The van der Waals surface area contributed by atoms with Gasteiger partial charge in [0.2, 0.25) is 0 Å². The number of carbonyl (C=O) groups is 1. The Bertz CT molecular complexity index is 444. The zero-order valence-electron chi connectivity index (χ0n) is 11.5. The molecule has 104 valence electrons. The van der Waals surface area contributed by atoms with Crippen LogP contribution in [0.25, 0.3) is 0 Å². The number of rotatable bonds is 5. The highest BCUT2D eigenvalue weighted by atomic mass is 16.3. The fourth-order valence-corrected chi connectivity index (χ4v) is 2.43. The molecule has 0 aromatic carbocycles. The number of pyridine rings is 1. The number of aliphatic hydroxyl groups is 1. The van der Waals surface area contributed by atoms with Gasteiger partial charge in [-0.2, -0.15) is 0 Å². The van der Waals surface area contributed by atoms with Crippen LogP contribution >= 0.6 is 0 Å². The van der Waals surface area contributed by atoms with Crippen molar-refractivity contribution in [1.29, 1.82) is 0 Å². The van der Waals surface area contributed by atoms with Crippen LogP contribution in [0.2, 0.25) is 0 Å². The van der Waals surface area contributed by atoms with Crippen molar-refractivity contribution in [1.82, 2.24) is 9.88 Å². The van der Waals surface area contributed by atoms with Crippen molar-refractivity contribution in [3.63, 3.8) is 0 Å². The first-order valence-corrected chi connectivity index (χ1v) is 6.73. The van der Waals surface area contributed by atoms with Crippen LogP contribution in [0.3, 0.4) is 0 Å². The van der Waals surface area contributed by atoms with E-state index < -0.39 is 0 Å². The number of amides is 1. The van der Waals surface area contributed by atoms with Crippen molar-refractivity contribution in [2.24, 2.45) is 5.92 Å². The minimum absolute atomic E-state index is 0.0227. The number of aromatic nitrogens is 1. The number of anilines is 1. The van der Waals surface area contributed by atoms with Crippen LogP contribution < -0.4 is 5.32 Å². The fourth-order valence-electron chi connectivity index (χ4n) is 2.43. The first-order chi connectivity index (χ1) is 9.11. The molecule has 0 atom stereocenters. The van der Waals surface area contributed by atoms with Crippen molar-refractivity contribution >= 4 is 11.6 Å². The maximum Gasteiger partial charge on any atom is 0.257 e. The molecule has 2 rings (SSSR count). The van der Waals surface area contributed by atoms with E-state index in [-0.39, 0.29) is 12.0 Å². The molecule has 2 N–H and O–H groups in total. The molecule has 5 nitrogen and oxygen atoms in total. The van der Waals surface area contributed by atoms with Gasteiger partial charge in [-0.3, -0.25) is 9.78 Å². The van der Waals surface area contributed by atoms with E-state index in [1.165, 1.54) is 0 Å². The van der Waals surface area contributed by atoms with Crippen LogP contribution in [0.1, 0.15) is 30.1 Å². The molecule has 1 aromatic heterocycles. The van der Waals surface area contributed by atoms with Crippen molar-refractivity contribution in [2.75, 3.05) is 25.5 Å². The molecule has 1 aromatic rings. The molecule has 0 saturated heterocycles. The third-order valence-corrected chi connectivity index (χ3v) is 3.51. The van der Waals surface area contributed by atoms with E-state index in [4.69, 9.17) is 0 Å². The Morgan fingerprint density at radius 2 is 2.32 bits per heavy atom. The highest BCUT2D eigenvalue weighted by molar-refractivity contribution is 5.99. The number of hydrogen-bond donors (Lipinski definition) is 2. The Morgan fingerprint density at radius 1 is 1.58 bits per heavy atom. The molecule has 0 unspecified atom stereocenters. The van der Waals surface area contributed by atoms with Gasteiger partial charge in [-0.15, -0.1) is 0 Å². The smallest absolute Gasteiger partial charge is 0.257 e. The molecule has 1 saturated carbocycles. The number of carbonyl (C=O) groups excluding carboxylic acids is 1. The van der Waals surface area contributed by atoms with E-state index >= 15 is 0 Å². The molecule has 0 aliphatic heterocycles. The first-order valence-electron chi connectivity index (χ1n) is 6.73. The van der Waals surface area contributed by atoms with E-state index in [1.54, 1.807) is 24.3 Å². The van der Waals surface area contributed by atoms with Crippen LogP contribution in [0.5, 0.6) is 0 Å². The maximum atomic E-state index is 12.4. The van der Waals surface area contributed by atoms with Gasteiger partial charge in [0, 0.05) is 32.5 Å². The monoisotopic (exact) mass is 263 g/mol. The Kier molecular flexibility index (Phi) is 4.37. The van der Waals surface area contributed by atoms with Gasteiger partial charge in [-0.25, -0.2) is 0 Å². The number of hydrogen-bond acceptors (Lipinski definition) is 4. The van der Waals surface area contributed by atoms with Crippen molar-refractivity contribution in [3.05, 3.63) is 24.0 Å². The van der Waals surface area contributed by atoms with Crippen molar-refractivity contribution in [3.8, 4) is 0 Å². The fraction of sp³-hybridized carbons (Fsp3) is 0.571. The second-order valence-corrected chi connectivity index (χ2v) is 5.13. The van der Waals surface area contributed by atoms with Crippen LogP contribution in [0, 0.1) is 5.92 Å². The zero-order chi connectivity index (χ0) is 13.8. The highest BCUT2D eigenvalue weighted by Crippen LogP contribution is 2.28. The molecule has 1 aliphatic rings. The van der Waals surface area contributed by atoms with E-state index in [0.29, 0.717) is 18.0 Å². The molecule has 1 heterocycles. The standard InChI is InChI=1S/C14H21N3O2/c1-3-16-13-4-5-15-8-12(13)14(19)17(2)9-10-6-11(18)7-10/h4-5,8,10-11,18H,3,6-7,9H2,1-2H3,(H,15,16). The number of aliphatic hydroxyl groups excluding tert-OH is 1. The number of nitrogens with one attached hydrogen (secondary N) is 1. The molecule has 19 heavy (non-hydrogen) atoms. The molecular formula is C14H21N3O2. The SMILES string of the molecule is CCNc1ccncc1C(=O)N(C)CC1CC(O)C1. The summed E-state index contributed by atoms with van der Waals surface area (Å²) >= 11 is 0. The highest BCUT2D eigenvalue weighted by Gasteiger charge is 2.29. The van der Waals surface area contributed by atoms with Gasteiger partial charge < -0.3 is 15.3 Å². The summed E-state index contributed by atoms with van der Waals surface area (Å²) < 4.78 is 0. The molecule has 0 radical (unpaired) electrons. The normalized spacial score (nSPS) is 21.6. The lowest BCUT2D eigenvalue weighted by Gasteiger charge is -2.34. The summed E-state index contributed by atoms with van der Waals surface area (Å²) in [4.78, 5) is 18.1. The minimum atomic E-state index is -0.177. The summed E-state index contributed by atoms with van der Waals surface area (Å²) in [5.74, 6) is 0.397. The topological polar surface area (TPSA) is 65.5 Å². The predicted octanol–water partition coefficient (Wildman–Crippen LogP) is 1.36. The van der Waals surface area contributed by atoms with Gasteiger partial charge >= 0.3 is 0 Å². The van der Waals surface area contributed by atoms with Crippen molar-refractivity contribution in [2.45, 2.75) is 25.9 Å². The maximum absolute atomic E-state index is 12.4. The quantitative estimate of drug-likeness (QED) is 0.841. The van der Waals surface area contributed by atoms with Crippen LogP contribution in [0.15, 0.2) is 18.5 Å². The Labute approximate surface area is 113 Å². The Morgan fingerprint density at radius 3 is 2.95 bits per heavy atom. The summed E-state index contributed by atoms with van der Waals surface area (Å²) in [6.07, 6.45) is 4.70. The molecule has 0 bridgehead atoms. The van der Waals surface area contributed by atoms with E-state index in [2.05, 4.69) is 10.3 Å². The Balaban J connectivity index is 2.01. The van der Waals surface area contributed by atoms with Gasteiger partial charge in [0.25, 0.3) is 5.91 Å². The lowest BCUT2D eigenvalue weighted by Crippen LogP contribution is -2.39. The lowest BCUT2D eigenvalue weighted by molar-refractivity contribution is 0.0265. The zero-order valence-corrected chi connectivity index (χ0v) is 11.5. The summed E-state index contributed by atoms with van der Waals surface area (Å²) in [6.45, 7) is 3.45. The van der Waals surface area contributed by atoms with Gasteiger partial charge in [-0.1, -0.05) is 0 Å². The second kappa shape index (κ2) is 6.02. The van der Waals surface area contributed by atoms with E-state index in [0.717, 1.165) is 25.1 Å². The molecule has 1 aliphatic carbocycles. The summed E-state index contributed by atoms with van der Waals surface area (Å²) in [5, 5.41) is 12.5. The minimum Gasteiger partial charge on any atom is -0.393 e. The average Bonchev–Trinajstić information content (AvgIpc) is 2.37. The molecule has 5 heteroatoms. The predicted molar refractivity (Wildman–Crippen MR) is 74.1 cm³/mol. The average molecular weight is 263 g/mol. The van der Waals surface area contributed by atoms with Gasteiger partial charge in [0.1, 0.15) is 0 Å². The molecule has 0 spiro atoms. The molecular weight excluding hydrogens is 242 g/mol. The summed E-state index contributed by atoms with van der Waals surface area (Å²) in [6, 6.07) is 1.82. The van der Waals surface area contributed by atoms with Crippen LogP contribution in [-0.4, -0.2) is 47.1 Å². The number of nitrogens with zero attached hydrogens (tertiary/aromatic N) is 2. The second-order valence-electron chi connectivity index (χ2n) is 5.13. The van der Waals surface area contributed by atoms with E-state index in [9.17, 15) is 9.90 Å². The largest absolute Gasteiger partial charge is 0.393 e. The van der Waals surface area contributed by atoms with Gasteiger partial charge in [0.15, 0.2) is 0 Å². The lowest BCUT2D eigenvalue weighted by atomic mass is 9.82. The van der Waals surface area contributed by atoms with E-state index in [1.807, 2.05) is 13.0 Å². The molecule has 1 fully saturated rings. The summed E-state index contributed by atoms with van der Waals surface area (Å²) in [7, 11) is 1.80. The Hall–Kier alpha value is -1.62. The third kappa shape index (κ3) is 3.23. The van der Waals surface area contributed by atoms with Crippen molar-refractivity contribution < 1.29 is 9.90 Å². The molecule has 1 amide bonds. The third-order valence-electron chi connectivity index (χ3n) is 3.51. The summed E-state index contributed by atoms with van der Waals surface area (Å²) in [5.41, 5.74) is 1.43. The van der Waals surface area contributed by atoms with Gasteiger partial charge in [-0.05, 0) is 31.7 Å². The van der Waals surface area contributed by atoms with Crippen LogP contribution in [0.4, 0.5) is 5.69 Å². The van der Waals surface area contributed by atoms with Gasteiger partial charge in [0.05, 0.1) is 17.4 Å².